The lowest BCUT2D eigenvalue weighted by molar-refractivity contribution is 0.202. The van der Waals surface area contributed by atoms with E-state index >= 15 is 0 Å². The molecule has 0 fully saturated rings. The van der Waals surface area contributed by atoms with Crippen molar-refractivity contribution in [3.63, 3.8) is 0 Å². The summed E-state index contributed by atoms with van der Waals surface area (Å²) in [6.07, 6.45) is 0.918. The second kappa shape index (κ2) is 7.41. The second-order valence-electron chi connectivity index (χ2n) is 4.64. The van der Waals surface area contributed by atoms with Gasteiger partial charge in [0.2, 0.25) is 0 Å². The number of halogens is 2. The Morgan fingerprint density at radius 1 is 1.15 bits per heavy atom. The van der Waals surface area contributed by atoms with Gasteiger partial charge in [0.1, 0.15) is 0 Å². The maximum atomic E-state index is 6.30. The highest BCUT2D eigenvalue weighted by Crippen LogP contribution is 2.26. The Morgan fingerprint density at radius 2 is 1.80 bits per heavy atom. The molecule has 2 N–H and O–H groups in total. The maximum absolute atomic E-state index is 6.30. The molecule has 2 nitrogen and oxygen atoms in total. The first-order chi connectivity index (χ1) is 9.61. The molecule has 2 rings (SSSR count). The molecule has 0 radical (unpaired) electrons. The standard InChI is InChI=1S/C16H17ClINO/c1-20-9-8-11-2-4-12(5-3-11)16(19)13-6-7-15(18)14(17)10-13/h2-7,10,16H,8-9,19H2,1H3. The predicted octanol–water partition coefficient (Wildman–Crippen LogP) is 4.18. The molecule has 0 heterocycles. The fourth-order valence-electron chi connectivity index (χ4n) is 2.01. The van der Waals surface area contributed by atoms with E-state index in [-0.39, 0.29) is 6.04 Å². The summed E-state index contributed by atoms with van der Waals surface area (Å²) in [5, 5.41) is 0.746. The lowest BCUT2D eigenvalue weighted by atomic mass is 9.98. The van der Waals surface area contributed by atoms with Crippen LogP contribution in [0.15, 0.2) is 42.5 Å². The van der Waals surface area contributed by atoms with Crippen LogP contribution in [0.2, 0.25) is 5.02 Å². The van der Waals surface area contributed by atoms with Crippen LogP contribution in [0.5, 0.6) is 0 Å². The van der Waals surface area contributed by atoms with E-state index in [2.05, 4.69) is 46.9 Å². The third-order valence-electron chi connectivity index (χ3n) is 3.24. The predicted molar refractivity (Wildman–Crippen MR) is 92.2 cm³/mol. The number of hydrogen-bond acceptors (Lipinski definition) is 2. The maximum Gasteiger partial charge on any atom is 0.0552 e. The molecular weight excluding hydrogens is 385 g/mol. The summed E-state index contributed by atoms with van der Waals surface area (Å²) in [7, 11) is 1.71. The first-order valence-corrected chi connectivity index (χ1v) is 7.86. The van der Waals surface area contributed by atoms with E-state index in [1.54, 1.807) is 7.11 Å². The van der Waals surface area contributed by atoms with Crippen LogP contribution >= 0.6 is 34.2 Å². The third kappa shape index (κ3) is 3.95. The molecule has 1 unspecified atom stereocenters. The van der Waals surface area contributed by atoms with Gasteiger partial charge in [-0.2, -0.15) is 0 Å². The Balaban J connectivity index is 2.15. The van der Waals surface area contributed by atoms with E-state index in [0.717, 1.165) is 32.7 Å². The van der Waals surface area contributed by atoms with Crippen LogP contribution in [0.4, 0.5) is 0 Å². The molecule has 106 valence electrons. The molecule has 2 aromatic rings. The lowest BCUT2D eigenvalue weighted by Crippen LogP contribution is -2.12. The van der Waals surface area contributed by atoms with E-state index in [0.29, 0.717) is 0 Å². The van der Waals surface area contributed by atoms with Crippen molar-refractivity contribution in [2.24, 2.45) is 5.73 Å². The van der Waals surface area contributed by atoms with Crippen molar-refractivity contribution in [1.82, 2.24) is 0 Å². The summed E-state index contributed by atoms with van der Waals surface area (Å²) in [6, 6.07) is 14.1. The fourth-order valence-corrected chi connectivity index (χ4v) is 2.53. The normalized spacial score (nSPS) is 12.4. The SMILES string of the molecule is COCCc1ccc(C(N)c2ccc(I)c(Cl)c2)cc1. The van der Waals surface area contributed by atoms with Crippen molar-refractivity contribution in [3.05, 3.63) is 67.7 Å². The molecule has 0 aliphatic heterocycles. The number of methoxy groups -OCH3 is 1. The van der Waals surface area contributed by atoms with Crippen molar-refractivity contribution < 1.29 is 4.74 Å². The van der Waals surface area contributed by atoms with E-state index in [9.17, 15) is 0 Å². The van der Waals surface area contributed by atoms with E-state index in [4.69, 9.17) is 22.1 Å². The molecule has 0 aliphatic rings. The van der Waals surface area contributed by atoms with Crippen molar-refractivity contribution in [1.29, 1.82) is 0 Å². The zero-order chi connectivity index (χ0) is 14.5. The third-order valence-corrected chi connectivity index (χ3v) is 4.81. The molecule has 0 spiro atoms. The largest absolute Gasteiger partial charge is 0.384 e. The second-order valence-corrected chi connectivity index (χ2v) is 6.20. The van der Waals surface area contributed by atoms with Gasteiger partial charge in [0.15, 0.2) is 0 Å². The highest BCUT2D eigenvalue weighted by Gasteiger charge is 2.10. The van der Waals surface area contributed by atoms with Crippen molar-refractivity contribution in [2.45, 2.75) is 12.5 Å². The summed E-state index contributed by atoms with van der Waals surface area (Å²) in [5.41, 5.74) is 9.67. The summed E-state index contributed by atoms with van der Waals surface area (Å²) >= 11 is 8.36. The Hall–Kier alpha value is -0.620. The van der Waals surface area contributed by atoms with Crippen LogP contribution in [-0.2, 0) is 11.2 Å². The average molecular weight is 402 g/mol. The molecule has 0 aliphatic carbocycles. The van der Waals surface area contributed by atoms with Gasteiger partial charge in [-0.25, -0.2) is 0 Å². The molecule has 0 saturated carbocycles. The highest BCUT2D eigenvalue weighted by molar-refractivity contribution is 14.1. The van der Waals surface area contributed by atoms with Gasteiger partial charge in [0, 0.05) is 10.7 Å². The van der Waals surface area contributed by atoms with Crippen LogP contribution in [-0.4, -0.2) is 13.7 Å². The van der Waals surface area contributed by atoms with Gasteiger partial charge in [-0.05, 0) is 57.8 Å². The van der Waals surface area contributed by atoms with Gasteiger partial charge in [-0.1, -0.05) is 41.9 Å². The number of rotatable bonds is 5. The molecule has 0 bridgehead atoms. The number of hydrogen-bond donors (Lipinski definition) is 1. The van der Waals surface area contributed by atoms with E-state index in [1.165, 1.54) is 5.56 Å². The van der Waals surface area contributed by atoms with Crippen LogP contribution in [0.3, 0.4) is 0 Å². The van der Waals surface area contributed by atoms with Crippen LogP contribution < -0.4 is 5.73 Å². The summed E-state index contributed by atoms with van der Waals surface area (Å²) in [6.45, 7) is 0.734. The van der Waals surface area contributed by atoms with Gasteiger partial charge in [-0.3, -0.25) is 0 Å². The van der Waals surface area contributed by atoms with Crippen LogP contribution in [0, 0.1) is 3.57 Å². The number of benzene rings is 2. The van der Waals surface area contributed by atoms with Crippen molar-refractivity contribution in [2.75, 3.05) is 13.7 Å². The fraction of sp³-hybridized carbons (Fsp3) is 0.250. The Labute approximate surface area is 138 Å². The van der Waals surface area contributed by atoms with E-state index in [1.807, 2.05) is 18.2 Å². The molecule has 20 heavy (non-hydrogen) atoms. The molecule has 2 aromatic carbocycles. The van der Waals surface area contributed by atoms with Gasteiger partial charge in [-0.15, -0.1) is 0 Å². The quantitative estimate of drug-likeness (QED) is 0.763. The molecule has 0 saturated heterocycles. The lowest BCUT2D eigenvalue weighted by Gasteiger charge is -2.14. The van der Waals surface area contributed by atoms with Gasteiger partial charge in [0.05, 0.1) is 17.7 Å². The minimum absolute atomic E-state index is 0.152. The first-order valence-electron chi connectivity index (χ1n) is 6.40. The van der Waals surface area contributed by atoms with Gasteiger partial charge >= 0.3 is 0 Å². The molecule has 1 atom stereocenters. The van der Waals surface area contributed by atoms with Crippen molar-refractivity contribution >= 4 is 34.2 Å². The molecule has 0 aromatic heterocycles. The number of ether oxygens (including phenoxy) is 1. The Kier molecular flexibility index (Phi) is 5.84. The zero-order valence-electron chi connectivity index (χ0n) is 11.3. The summed E-state index contributed by atoms with van der Waals surface area (Å²) < 4.78 is 6.11. The van der Waals surface area contributed by atoms with E-state index < -0.39 is 0 Å². The molecular formula is C16H17ClINO. The monoisotopic (exact) mass is 401 g/mol. The zero-order valence-corrected chi connectivity index (χ0v) is 14.2. The van der Waals surface area contributed by atoms with Crippen LogP contribution in [0.1, 0.15) is 22.7 Å². The Morgan fingerprint density at radius 3 is 2.40 bits per heavy atom. The number of nitrogens with two attached hydrogens (primary N) is 1. The minimum Gasteiger partial charge on any atom is -0.384 e. The Bertz CT molecular complexity index is 571. The minimum atomic E-state index is -0.152. The van der Waals surface area contributed by atoms with Gasteiger partial charge < -0.3 is 10.5 Å². The van der Waals surface area contributed by atoms with Crippen LogP contribution in [0.25, 0.3) is 0 Å². The highest BCUT2D eigenvalue weighted by atomic mass is 127. The van der Waals surface area contributed by atoms with Gasteiger partial charge in [0.25, 0.3) is 0 Å². The first kappa shape index (κ1) is 15.8. The topological polar surface area (TPSA) is 35.2 Å². The van der Waals surface area contributed by atoms with Crippen molar-refractivity contribution in [3.8, 4) is 0 Å². The average Bonchev–Trinajstić information content (AvgIpc) is 2.48. The summed E-state index contributed by atoms with van der Waals surface area (Å²) in [5.74, 6) is 0. The molecule has 4 heteroatoms. The summed E-state index contributed by atoms with van der Waals surface area (Å²) in [4.78, 5) is 0. The smallest absolute Gasteiger partial charge is 0.0552 e. The molecule has 0 amide bonds.